The van der Waals surface area contributed by atoms with Gasteiger partial charge in [0.05, 0.1) is 21.9 Å². The SMILES string of the molecule is CC(C)(C)C1=CC(C(C#N)C#N)C=C(C(C)(C)C)S1(=O)=O. The number of hydrogen-bond donors (Lipinski definition) is 0. The van der Waals surface area contributed by atoms with Crippen LogP contribution in [0.5, 0.6) is 0 Å². The largest absolute Gasteiger partial charge is 0.219 e. The van der Waals surface area contributed by atoms with Crippen molar-refractivity contribution in [1.29, 1.82) is 10.5 Å². The Morgan fingerprint density at radius 1 is 0.952 bits per heavy atom. The summed E-state index contributed by atoms with van der Waals surface area (Å²) in [7, 11) is -3.56. The van der Waals surface area contributed by atoms with E-state index in [1.807, 2.05) is 53.7 Å². The maximum Gasteiger partial charge on any atom is 0.199 e. The van der Waals surface area contributed by atoms with Crippen LogP contribution in [-0.4, -0.2) is 8.42 Å². The van der Waals surface area contributed by atoms with Gasteiger partial charge in [-0.1, -0.05) is 53.7 Å². The molecule has 1 rings (SSSR count). The van der Waals surface area contributed by atoms with E-state index in [-0.39, 0.29) is 0 Å². The maximum atomic E-state index is 12.8. The first-order valence-corrected chi connectivity index (χ1v) is 8.33. The summed E-state index contributed by atoms with van der Waals surface area (Å²) in [5, 5.41) is 18.2. The molecule has 0 fully saturated rings. The Balaban J connectivity index is 3.62. The molecule has 1 aliphatic heterocycles. The summed E-state index contributed by atoms with van der Waals surface area (Å²) >= 11 is 0. The fraction of sp³-hybridized carbons (Fsp3) is 0.625. The van der Waals surface area contributed by atoms with Crippen LogP contribution in [0.4, 0.5) is 0 Å². The maximum absolute atomic E-state index is 12.8. The molecule has 0 aromatic heterocycles. The van der Waals surface area contributed by atoms with E-state index in [1.165, 1.54) is 0 Å². The Morgan fingerprint density at radius 3 is 1.52 bits per heavy atom. The predicted octanol–water partition coefficient (Wildman–Crippen LogP) is 3.55. The number of allylic oxidation sites excluding steroid dienone is 4. The number of nitrogens with zero attached hydrogens (tertiary/aromatic N) is 2. The van der Waals surface area contributed by atoms with Crippen LogP contribution in [-0.2, 0) is 9.84 Å². The lowest BCUT2D eigenvalue weighted by Crippen LogP contribution is -2.30. The monoisotopic (exact) mass is 306 g/mol. The quantitative estimate of drug-likeness (QED) is 0.741. The van der Waals surface area contributed by atoms with Gasteiger partial charge < -0.3 is 0 Å². The van der Waals surface area contributed by atoms with Crippen molar-refractivity contribution in [3.8, 4) is 12.1 Å². The van der Waals surface area contributed by atoms with Gasteiger partial charge in [0.25, 0.3) is 0 Å². The first-order valence-electron chi connectivity index (χ1n) is 6.84. The zero-order valence-corrected chi connectivity index (χ0v) is 14.2. The van der Waals surface area contributed by atoms with Crippen molar-refractivity contribution in [2.24, 2.45) is 22.7 Å². The lowest BCUT2D eigenvalue weighted by molar-refractivity contribution is 0.480. The van der Waals surface area contributed by atoms with Crippen molar-refractivity contribution in [1.82, 2.24) is 0 Å². The number of hydrogen-bond acceptors (Lipinski definition) is 4. The molecule has 0 radical (unpaired) electrons. The zero-order valence-electron chi connectivity index (χ0n) is 13.4. The van der Waals surface area contributed by atoms with E-state index in [9.17, 15) is 8.42 Å². The van der Waals surface area contributed by atoms with Gasteiger partial charge in [-0.3, -0.25) is 0 Å². The van der Waals surface area contributed by atoms with Crippen molar-refractivity contribution in [3.63, 3.8) is 0 Å². The molecular weight excluding hydrogens is 284 g/mol. The number of rotatable bonds is 1. The first kappa shape index (κ1) is 17.5. The average molecular weight is 306 g/mol. The first-order chi connectivity index (χ1) is 9.35. The summed E-state index contributed by atoms with van der Waals surface area (Å²) in [6, 6.07) is 3.90. The van der Waals surface area contributed by atoms with E-state index < -0.39 is 32.5 Å². The molecule has 114 valence electrons. The highest BCUT2D eigenvalue weighted by Gasteiger charge is 2.41. The standard InChI is InChI=1S/C16H22N2O2S/c1-15(2,3)13-7-11(12(9-17)10-18)8-14(16(4,5)6)21(13,19)20/h7-8,11-12H,1-6H3. The Hall–Kier alpha value is -1.59. The molecule has 0 atom stereocenters. The van der Waals surface area contributed by atoms with Gasteiger partial charge in [-0.2, -0.15) is 10.5 Å². The van der Waals surface area contributed by atoms with E-state index in [0.29, 0.717) is 9.81 Å². The normalized spacial score (nSPS) is 19.5. The Kier molecular flexibility index (Phi) is 4.42. The molecule has 0 saturated carbocycles. The van der Waals surface area contributed by atoms with E-state index in [2.05, 4.69) is 0 Å². The molecule has 0 aromatic carbocycles. The minimum atomic E-state index is -3.56. The third kappa shape index (κ3) is 3.36. The van der Waals surface area contributed by atoms with Crippen LogP contribution < -0.4 is 0 Å². The molecule has 0 saturated heterocycles. The van der Waals surface area contributed by atoms with Gasteiger partial charge in [-0.15, -0.1) is 0 Å². The van der Waals surface area contributed by atoms with Gasteiger partial charge in [0.1, 0.15) is 5.92 Å². The smallest absolute Gasteiger partial charge is 0.199 e. The molecule has 0 N–H and O–H groups in total. The van der Waals surface area contributed by atoms with Crippen LogP contribution in [0.3, 0.4) is 0 Å². The van der Waals surface area contributed by atoms with Crippen LogP contribution in [0.15, 0.2) is 22.0 Å². The van der Waals surface area contributed by atoms with Crippen molar-refractivity contribution < 1.29 is 8.42 Å². The number of nitriles is 2. The lowest BCUT2D eigenvalue weighted by atomic mass is 9.85. The molecule has 5 heteroatoms. The highest BCUT2D eigenvalue weighted by atomic mass is 32.2. The van der Waals surface area contributed by atoms with Crippen LogP contribution in [0.1, 0.15) is 41.5 Å². The molecule has 21 heavy (non-hydrogen) atoms. The van der Waals surface area contributed by atoms with Crippen molar-refractivity contribution in [2.45, 2.75) is 41.5 Å². The fourth-order valence-electron chi connectivity index (χ4n) is 2.39. The summed E-state index contributed by atoms with van der Waals surface area (Å²) in [6.07, 6.45) is 3.14. The van der Waals surface area contributed by atoms with Crippen LogP contribution in [0.2, 0.25) is 0 Å². The second-order valence-electron chi connectivity index (χ2n) is 7.38. The summed E-state index contributed by atoms with van der Waals surface area (Å²) in [5.41, 5.74) is -1.14. The van der Waals surface area contributed by atoms with E-state index in [4.69, 9.17) is 10.5 Å². The van der Waals surface area contributed by atoms with Gasteiger partial charge >= 0.3 is 0 Å². The summed E-state index contributed by atoms with van der Waals surface area (Å²) in [5.74, 6) is -1.37. The lowest BCUT2D eigenvalue weighted by Gasteiger charge is -2.34. The molecule has 1 heterocycles. The molecule has 0 amide bonds. The van der Waals surface area contributed by atoms with E-state index in [0.717, 1.165) is 0 Å². The van der Waals surface area contributed by atoms with Gasteiger partial charge in [-0.25, -0.2) is 8.42 Å². The molecule has 1 aliphatic rings. The summed E-state index contributed by atoms with van der Waals surface area (Å²) in [4.78, 5) is 0.589. The van der Waals surface area contributed by atoms with Gasteiger partial charge in [0.2, 0.25) is 0 Å². The zero-order chi connectivity index (χ0) is 16.6. The Labute approximate surface area is 127 Å². The summed E-state index contributed by atoms with van der Waals surface area (Å²) < 4.78 is 25.7. The van der Waals surface area contributed by atoms with Crippen molar-refractivity contribution in [2.75, 3.05) is 0 Å². The minimum Gasteiger partial charge on any atom is -0.219 e. The highest BCUT2D eigenvalue weighted by Crippen LogP contribution is 2.45. The second kappa shape index (κ2) is 5.31. The van der Waals surface area contributed by atoms with Gasteiger partial charge in [0, 0.05) is 5.92 Å². The second-order valence-corrected chi connectivity index (χ2v) is 9.27. The predicted molar refractivity (Wildman–Crippen MR) is 82.2 cm³/mol. The van der Waals surface area contributed by atoms with Crippen molar-refractivity contribution in [3.05, 3.63) is 22.0 Å². The Morgan fingerprint density at radius 2 is 1.29 bits per heavy atom. The molecular formula is C16H22N2O2S. The third-order valence-corrected chi connectivity index (χ3v) is 6.06. The molecule has 0 bridgehead atoms. The van der Waals surface area contributed by atoms with Crippen LogP contribution in [0, 0.1) is 45.3 Å². The summed E-state index contributed by atoms with van der Waals surface area (Å²) in [6.45, 7) is 11.0. The van der Waals surface area contributed by atoms with Gasteiger partial charge in [0.15, 0.2) is 9.84 Å². The molecule has 0 aliphatic carbocycles. The minimum absolute atomic E-state index is 0.294. The van der Waals surface area contributed by atoms with Crippen molar-refractivity contribution >= 4 is 9.84 Å². The van der Waals surface area contributed by atoms with E-state index in [1.54, 1.807) is 12.2 Å². The number of sulfone groups is 1. The topological polar surface area (TPSA) is 81.7 Å². The fourth-order valence-corrected chi connectivity index (χ4v) is 4.92. The molecule has 0 spiro atoms. The molecule has 0 aromatic rings. The van der Waals surface area contributed by atoms with Crippen LogP contribution >= 0.6 is 0 Å². The highest BCUT2D eigenvalue weighted by molar-refractivity contribution is 7.99. The van der Waals surface area contributed by atoms with E-state index >= 15 is 0 Å². The molecule has 0 unspecified atom stereocenters. The third-order valence-electron chi connectivity index (χ3n) is 3.41. The Bertz CT molecular complexity index is 620. The molecule has 4 nitrogen and oxygen atoms in total. The van der Waals surface area contributed by atoms with Gasteiger partial charge in [-0.05, 0) is 10.8 Å². The average Bonchev–Trinajstić information content (AvgIpc) is 2.28. The van der Waals surface area contributed by atoms with Crippen LogP contribution in [0.25, 0.3) is 0 Å².